The second-order valence-electron chi connectivity index (χ2n) is 8.85. The van der Waals surface area contributed by atoms with Gasteiger partial charge in [0.2, 0.25) is 0 Å². The van der Waals surface area contributed by atoms with Crippen LogP contribution in [0.2, 0.25) is 0 Å². The standard InChI is InChI=1S/C20H23F3N6O3/c1-19(2)7-12-14(13(30)8-19)15(20(21,22)23)28-29(12)18-25-9-11(16(24)31)17(27-18)26-10-3-5-32-6-4-10/h9-10H,3-8H2,1-2H3,(H2,24,31)(H,25,26,27). The molecule has 32 heavy (non-hydrogen) atoms. The average molecular weight is 452 g/mol. The van der Waals surface area contributed by atoms with Gasteiger partial charge in [0.05, 0.1) is 16.8 Å². The lowest BCUT2D eigenvalue weighted by molar-refractivity contribution is -0.141. The maximum absolute atomic E-state index is 13.7. The monoisotopic (exact) mass is 452 g/mol. The predicted molar refractivity (Wildman–Crippen MR) is 107 cm³/mol. The van der Waals surface area contributed by atoms with Crippen molar-refractivity contribution >= 4 is 17.5 Å². The minimum Gasteiger partial charge on any atom is -0.381 e. The zero-order valence-electron chi connectivity index (χ0n) is 17.6. The lowest BCUT2D eigenvalue weighted by Crippen LogP contribution is -2.30. The number of anilines is 1. The molecule has 9 nitrogen and oxygen atoms in total. The van der Waals surface area contributed by atoms with Crippen LogP contribution in [0.5, 0.6) is 0 Å². The molecule has 0 aromatic carbocycles. The molecule has 1 aliphatic heterocycles. The summed E-state index contributed by atoms with van der Waals surface area (Å²) in [6.07, 6.45) is -2.18. The largest absolute Gasteiger partial charge is 0.435 e. The van der Waals surface area contributed by atoms with Crippen molar-refractivity contribution in [2.24, 2.45) is 11.1 Å². The molecular formula is C20H23F3N6O3. The van der Waals surface area contributed by atoms with E-state index in [2.05, 4.69) is 20.4 Å². The van der Waals surface area contributed by atoms with Crippen molar-refractivity contribution in [1.82, 2.24) is 19.7 Å². The first-order valence-corrected chi connectivity index (χ1v) is 10.2. The summed E-state index contributed by atoms with van der Waals surface area (Å²) in [7, 11) is 0. The number of Topliss-reactive ketones (excluding diaryl/α,β-unsaturated/α-hetero) is 1. The number of halogens is 3. The number of carbonyl (C=O) groups is 2. The van der Waals surface area contributed by atoms with Crippen LogP contribution in [0.3, 0.4) is 0 Å². The normalized spacial score (nSPS) is 19.0. The summed E-state index contributed by atoms with van der Waals surface area (Å²) in [6.45, 7) is 4.65. The van der Waals surface area contributed by atoms with Crippen LogP contribution in [-0.4, -0.2) is 50.7 Å². The number of primary amides is 1. The molecule has 0 atom stereocenters. The Hall–Kier alpha value is -3.02. The Bertz CT molecular complexity index is 1070. The molecule has 0 bridgehead atoms. The molecule has 0 spiro atoms. The maximum Gasteiger partial charge on any atom is 0.435 e. The summed E-state index contributed by atoms with van der Waals surface area (Å²) >= 11 is 0. The van der Waals surface area contributed by atoms with Crippen LogP contribution >= 0.6 is 0 Å². The van der Waals surface area contributed by atoms with E-state index in [4.69, 9.17) is 10.5 Å². The third kappa shape index (κ3) is 4.18. The van der Waals surface area contributed by atoms with Crippen molar-refractivity contribution in [2.45, 2.75) is 51.7 Å². The van der Waals surface area contributed by atoms with E-state index in [0.29, 0.717) is 26.1 Å². The van der Waals surface area contributed by atoms with Crippen LogP contribution < -0.4 is 11.1 Å². The number of ketones is 1. The van der Waals surface area contributed by atoms with Gasteiger partial charge in [-0.05, 0) is 24.7 Å². The van der Waals surface area contributed by atoms with E-state index in [1.165, 1.54) is 0 Å². The van der Waals surface area contributed by atoms with E-state index >= 15 is 0 Å². The SMILES string of the molecule is CC1(C)CC(=O)c2c(C(F)(F)F)nn(-c3ncc(C(N)=O)c(NC4CCOCC4)n3)c2C1. The Morgan fingerprint density at radius 1 is 1.28 bits per heavy atom. The quantitative estimate of drug-likeness (QED) is 0.730. The number of alkyl halides is 3. The Morgan fingerprint density at radius 3 is 2.59 bits per heavy atom. The number of aromatic nitrogens is 4. The highest BCUT2D eigenvalue weighted by atomic mass is 19.4. The molecular weight excluding hydrogens is 429 g/mol. The molecule has 3 heterocycles. The van der Waals surface area contributed by atoms with E-state index in [0.717, 1.165) is 10.9 Å². The average Bonchev–Trinajstić information content (AvgIpc) is 3.07. The maximum atomic E-state index is 13.7. The van der Waals surface area contributed by atoms with Crippen molar-refractivity contribution in [2.75, 3.05) is 18.5 Å². The molecule has 1 amide bonds. The number of ether oxygens (including phenoxy) is 1. The number of nitrogens with one attached hydrogen (secondary N) is 1. The molecule has 0 saturated carbocycles. The molecule has 2 aliphatic rings. The van der Waals surface area contributed by atoms with E-state index < -0.39 is 34.5 Å². The van der Waals surface area contributed by atoms with Crippen LogP contribution in [0, 0.1) is 5.41 Å². The summed E-state index contributed by atoms with van der Waals surface area (Å²) in [5.74, 6) is -1.47. The van der Waals surface area contributed by atoms with Gasteiger partial charge in [0.25, 0.3) is 11.9 Å². The molecule has 0 radical (unpaired) electrons. The second-order valence-corrected chi connectivity index (χ2v) is 8.85. The molecule has 2 aromatic rings. The smallest absolute Gasteiger partial charge is 0.381 e. The number of rotatable bonds is 4. The van der Waals surface area contributed by atoms with E-state index in [9.17, 15) is 22.8 Å². The first-order chi connectivity index (χ1) is 15.0. The topological polar surface area (TPSA) is 125 Å². The van der Waals surface area contributed by atoms with Crippen molar-refractivity contribution < 1.29 is 27.5 Å². The molecule has 1 fully saturated rings. The van der Waals surface area contributed by atoms with Gasteiger partial charge in [-0.2, -0.15) is 23.3 Å². The fourth-order valence-electron chi connectivity index (χ4n) is 4.11. The minimum absolute atomic E-state index is 0.00807. The molecule has 12 heteroatoms. The second kappa shape index (κ2) is 7.84. The minimum atomic E-state index is -4.82. The van der Waals surface area contributed by atoms with Crippen molar-refractivity contribution in [3.8, 4) is 5.95 Å². The van der Waals surface area contributed by atoms with Crippen LogP contribution in [-0.2, 0) is 17.3 Å². The van der Waals surface area contributed by atoms with Gasteiger partial charge in [-0.25, -0.2) is 9.67 Å². The Labute approximate surface area is 181 Å². The molecule has 2 aromatic heterocycles. The summed E-state index contributed by atoms with van der Waals surface area (Å²) in [6, 6.07) is -0.0533. The first-order valence-electron chi connectivity index (χ1n) is 10.2. The summed E-state index contributed by atoms with van der Waals surface area (Å²) in [5.41, 5.74) is 3.29. The van der Waals surface area contributed by atoms with Crippen LogP contribution in [0.15, 0.2) is 6.20 Å². The van der Waals surface area contributed by atoms with Gasteiger partial charge in [0.15, 0.2) is 11.5 Å². The van der Waals surface area contributed by atoms with Gasteiger partial charge in [-0.15, -0.1) is 0 Å². The first kappa shape index (κ1) is 22.2. The lowest BCUT2D eigenvalue weighted by Gasteiger charge is -2.29. The third-order valence-corrected chi connectivity index (χ3v) is 5.61. The summed E-state index contributed by atoms with van der Waals surface area (Å²) in [4.78, 5) is 32.8. The third-order valence-electron chi connectivity index (χ3n) is 5.61. The van der Waals surface area contributed by atoms with Gasteiger partial charge < -0.3 is 15.8 Å². The zero-order chi connectivity index (χ0) is 23.3. The van der Waals surface area contributed by atoms with E-state index in [-0.39, 0.29) is 41.9 Å². The van der Waals surface area contributed by atoms with Gasteiger partial charge in [0, 0.05) is 31.9 Å². The summed E-state index contributed by atoms with van der Waals surface area (Å²) in [5, 5.41) is 6.81. The van der Waals surface area contributed by atoms with Gasteiger partial charge in [-0.1, -0.05) is 13.8 Å². The number of nitrogens with two attached hydrogens (primary N) is 1. The molecule has 1 aliphatic carbocycles. The Balaban J connectivity index is 1.83. The number of carbonyl (C=O) groups excluding carboxylic acids is 2. The predicted octanol–water partition coefficient (Wildman–Crippen LogP) is 2.53. The van der Waals surface area contributed by atoms with E-state index in [1.54, 1.807) is 13.8 Å². The lowest BCUT2D eigenvalue weighted by atomic mass is 9.75. The van der Waals surface area contributed by atoms with Gasteiger partial charge in [0.1, 0.15) is 5.82 Å². The number of nitrogens with zero attached hydrogens (tertiary/aromatic N) is 4. The number of fused-ring (bicyclic) bond motifs is 1. The summed E-state index contributed by atoms with van der Waals surface area (Å²) < 4.78 is 47.3. The Morgan fingerprint density at radius 2 is 1.97 bits per heavy atom. The number of amides is 1. The van der Waals surface area contributed by atoms with Crippen LogP contribution in [0.4, 0.5) is 19.0 Å². The number of hydrogen-bond donors (Lipinski definition) is 2. The van der Waals surface area contributed by atoms with Crippen LogP contribution in [0.1, 0.15) is 65.2 Å². The van der Waals surface area contributed by atoms with Crippen LogP contribution in [0.25, 0.3) is 5.95 Å². The highest BCUT2D eigenvalue weighted by Gasteiger charge is 2.45. The Kier molecular flexibility index (Phi) is 5.43. The highest BCUT2D eigenvalue weighted by Crippen LogP contribution is 2.41. The van der Waals surface area contributed by atoms with Crippen molar-refractivity contribution in [3.63, 3.8) is 0 Å². The highest BCUT2D eigenvalue weighted by molar-refractivity contribution is 6.00. The molecule has 172 valence electrons. The van der Waals surface area contributed by atoms with Crippen molar-refractivity contribution in [1.29, 1.82) is 0 Å². The zero-order valence-corrected chi connectivity index (χ0v) is 17.6. The van der Waals surface area contributed by atoms with Gasteiger partial charge in [-0.3, -0.25) is 9.59 Å². The molecule has 1 saturated heterocycles. The number of hydrogen-bond acceptors (Lipinski definition) is 7. The molecule has 0 unspecified atom stereocenters. The van der Waals surface area contributed by atoms with Crippen molar-refractivity contribution in [3.05, 3.63) is 28.7 Å². The van der Waals surface area contributed by atoms with Gasteiger partial charge >= 0.3 is 6.18 Å². The fourth-order valence-corrected chi connectivity index (χ4v) is 4.11. The molecule has 3 N–H and O–H groups in total. The molecule has 4 rings (SSSR count). The van der Waals surface area contributed by atoms with E-state index in [1.807, 2.05) is 0 Å². The fraction of sp³-hybridized carbons (Fsp3) is 0.550.